The standard InChI is InChI=1S/C19H17N3O5S/c1-11-17(12-4-7-14(26-2)8-5-12)20-19(28-11)21-18(23)13-6-9-16(27-3)15(10-13)22(24)25/h4-10H,1-3H3,(H,20,21,23). The molecule has 9 heteroatoms. The molecule has 0 radical (unpaired) electrons. The highest BCUT2D eigenvalue weighted by Gasteiger charge is 2.19. The second-order valence-electron chi connectivity index (χ2n) is 5.75. The molecule has 1 amide bonds. The smallest absolute Gasteiger partial charge is 0.311 e. The molecule has 8 nitrogen and oxygen atoms in total. The third-order valence-corrected chi connectivity index (χ3v) is 4.90. The molecule has 0 saturated heterocycles. The number of benzene rings is 2. The number of hydrogen-bond donors (Lipinski definition) is 1. The number of nitro benzene ring substituents is 1. The van der Waals surface area contributed by atoms with Gasteiger partial charge in [0.2, 0.25) is 0 Å². The van der Waals surface area contributed by atoms with Gasteiger partial charge in [0.1, 0.15) is 5.75 Å². The molecule has 144 valence electrons. The van der Waals surface area contributed by atoms with Crippen LogP contribution < -0.4 is 14.8 Å². The van der Waals surface area contributed by atoms with Crippen molar-refractivity contribution in [3.8, 4) is 22.8 Å². The topological polar surface area (TPSA) is 104 Å². The van der Waals surface area contributed by atoms with E-state index in [1.165, 1.54) is 36.6 Å². The highest BCUT2D eigenvalue weighted by Crippen LogP contribution is 2.32. The van der Waals surface area contributed by atoms with Gasteiger partial charge in [-0.1, -0.05) is 0 Å². The summed E-state index contributed by atoms with van der Waals surface area (Å²) in [4.78, 5) is 28.5. The fraction of sp³-hybridized carbons (Fsp3) is 0.158. The largest absolute Gasteiger partial charge is 0.497 e. The predicted molar refractivity (Wildman–Crippen MR) is 106 cm³/mol. The van der Waals surface area contributed by atoms with Gasteiger partial charge in [-0.05, 0) is 43.3 Å². The number of carbonyl (C=O) groups excluding carboxylic acids is 1. The number of nitrogens with one attached hydrogen (secondary N) is 1. The van der Waals surface area contributed by atoms with Gasteiger partial charge >= 0.3 is 5.69 Å². The number of nitro groups is 1. The molecular formula is C19H17N3O5S. The van der Waals surface area contributed by atoms with E-state index in [9.17, 15) is 14.9 Å². The number of aryl methyl sites for hydroxylation is 1. The molecule has 0 saturated carbocycles. The Kier molecular flexibility index (Phi) is 5.55. The van der Waals surface area contributed by atoms with Gasteiger partial charge in [-0.15, -0.1) is 11.3 Å². The number of ether oxygens (including phenoxy) is 2. The molecule has 28 heavy (non-hydrogen) atoms. The molecule has 0 unspecified atom stereocenters. The fourth-order valence-electron chi connectivity index (χ4n) is 2.61. The van der Waals surface area contributed by atoms with E-state index < -0.39 is 10.8 Å². The van der Waals surface area contributed by atoms with Gasteiger partial charge in [0.25, 0.3) is 5.91 Å². The SMILES string of the molecule is COc1ccc(-c2nc(NC(=O)c3ccc(OC)c([N+](=O)[O-])c3)sc2C)cc1. The van der Waals surface area contributed by atoms with Gasteiger partial charge in [0.05, 0.1) is 24.8 Å². The van der Waals surface area contributed by atoms with Crippen molar-refractivity contribution in [2.45, 2.75) is 6.92 Å². The molecule has 3 rings (SSSR count). The number of thiazole rings is 1. The van der Waals surface area contributed by atoms with Crippen LogP contribution in [0.2, 0.25) is 0 Å². The zero-order valence-corrected chi connectivity index (χ0v) is 16.2. The molecular weight excluding hydrogens is 382 g/mol. The molecule has 0 atom stereocenters. The Morgan fingerprint density at radius 1 is 1.14 bits per heavy atom. The molecule has 1 aromatic heterocycles. The molecule has 0 spiro atoms. The second kappa shape index (κ2) is 8.05. The van der Waals surface area contributed by atoms with E-state index in [4.69, 9.17) is 9.47 Å². The zero-order chi connectivity index (χ0) is 20.3. The van der Waals surface area contributed by atoms with Crippen molar-refractivity contribution in [3.05, 3.63) is 63.0 Å². The van der Waals surface area contributed by atoms with Crippen LogP contribution in [0.25, 0.3) is 11.3 Å². The van der Waals surface area contributed by atoms with Crippen LogP contribution in [0.5, 0.6) is 11.5 Å². The van der Waals surface area contributed by atoms with Crippen molar-refractivity contribution in [3.63, 3.8) is 0 Å². The van der Waals surface area contributed by atoms with Gasteiger partial charge in [-0.3, -0.25) is 20.2 Å². The zero-order valence-electron chi connectivity index (χ0n) is 15.4. The molecule has 0 fully saturated rings. The summed E-state index contributed by atoms with van der Waals surface area (Å²) < 4.78 is 10.1. The Hall–Kier alpha value is -3.46. The number of rotatable bonds is 6. The molecule has 2 aromatic carbocycles. The summed E-state index contributed by atoms with van der Waals surface area (Å²) in [6.07, 6.45) is 0. The van der Waals surface area contributed by atoms with Crippen LogP contribution in [0.4, 0.5) is 10.8 Å². The van der Waals surface area contributed by atoms with Gasteiger partial charge < -0.3 is 9.47 Å². The van der Waals surface area contributed by atoms with Gasteiger partial charge in [0, 0.05) is 22.1 Å². The Morgan fingerprint density at radius 2 is 1.86 bits per heavy atom. The van der Waals surface area contributed by atoms with E-state index in [1.807, 2.05) is 31.2 Å². The Bertz CT molecular complexity index is 1030. The summed E-state index contributed by atoms with van der Waals surface area (Å²) >= 11 is 1.33. The second-order valence-corrected chi connectivity index (χ2v) is 6.95. The lowest BCUT2D eigenvalue weighted by molar-refractivity contribution is -0.385. The molecule has 0 aliphatic heterocycles. The van der Waals surface area contributed by atoms with Crippen LogP contribution in [0, 0.1) is 17.0 Å². The number of aromatic nitrogens is 1. The summed E-state index contributed by atoms with van der Waals surface area (Å²) in [6.45, 7) is 1.91. The lowest BCUT2D eigenvalue weighted by atomic mass is 10.1. The van der Waals surface area contributed by atoms with Crippen LogP contribution in [0.1, 0.15) is 15.2 Å². The van der Waals surface area contributed by atoms with Gasteiger partial charge in [-0.25, -0.2) is 4.98 Å². The highest BCUT2D eigenvalue weighted by molar-refractivity contribution is 7.16. The average molecular weight is 399 g/mol. The van der Waals surface area contributed by atoms with E-state index in [0.717, 1.165) is 21.9 Å². The molecule has 0 aliphatic rings. The van der Waals surface area contributed by atoms with Crippen molar-refractivity contribution in [1.29, 1.82) is 0 Å². The summed E-state index contributed by atoms with van der Waals surface area (Å²) in [6, 6.07) is 11.5. The summed E-state index contributed by atoms with van der Waals surface area (Å²) in [5, 5.41) is 14.2. The summed E-state index contributed by atoms with van der Waals surface area (Å²) in [5.41, 5.74) is 1.52. The van der Waals surface area contributed by atoms with Crippen molar-refractivity contribution >= 4 is 28.1 Å². The predicted octanol–water partition coefficient (Wildman–Crippen LogP) is 4.30. The quantitative estimate of drug-likeness (QED) is 0.490. The van der Waals surface area contributed by atoms with E-state index in [-0.39, 0.29) is 17.0 Å². The molecule has 1 N–H and O–H groups in total. The van der Waals surface area contributed by atoms with Crippen molar-refractivity contribution in [2.24, 2.45) is 0 Å². The monoisotopic (exact) mass is 399 g/mol. The van der Waals surface area contributed by atoms with Crippen LogP contribution in [-0.4, -0.2) is 30.0 Å². The summed E-state index contributed by atoms with van der Waals surface area (Å²) in [5.74, 6) is 0.348. The third kappa shape index (κ3) is 3.94. The van der Waals surface area contributed by atoms with E-state index >= 15 is 0 Å². The molecule has 1 heterocycles. The first-order chi connectivity index (χ1) is 13.4. The van der Waals surface area contributed by atoms with Crippen LogP contribution in [0.3, 0.4) is 0 Å². The Balaban J connectivity index is 1.83. The minimum absolute atomic E-state index is 0.0911. The first-order valence-electron chi connectivity index (χ1n) is 8.18. The first kappa shape index (κ1) is 19.3. The number of carbonyl (C=O) groups is 1. The number of anilines is 1. The lowest BCUT2D eigenvalue weighted by Crippen LogP contribution is -2.12. The number of amides is 1. The van der Waals surface area contributed by atoms with Crippen LogP contribution in [0.15, 0.2) is 42.5 Å². The summed E-state index contributed by atoms with van der Waals surface area (Å²) in [7, 11) is 2.93. The lowest BCUT2D eigenvalue weighted by Gasteiger charge is -2.05. The molecule has 0 aliphatic carbocycles. The van der Waals surface area contributed by atoms with Crippen molar-refractivity contribution in [1.82, 2.24) is 4.98 Å². The van der Waals surface area contributed by atoms with Gasteiger partial charge in [0.15, 0.2) is 10.9 Å². The van der Waals surface area contributed by atoms with E-state index in [2.05, 4.69) is 10.3 Å². The number of hydrogen-bond acceptors (Lipinski definition) is 7. The van der Waals surface area contributed by atoms with E-state index in [0.29, 0.717) is 5.13 Å². The maximum absolute atomic E-state index is 12.5. The Labute approximate surface area is 164 Å². The Morgan fingerprint density at radius 3 is 2.46 bits per heavy atom. The highest BCUT2D eigenvalue weighted by atomic mass is 32.1. The molecule has 0 bridgehead atoms. The van der Waals surface area contributed by atoms with Crippen LogP contribution >= 0.6 is 11.3 Å². The van der Waals surface area contributed by atoms with E-state index in [1.54, 1.807) is 7.11 Å². The average Bonchev–Trinajstić information content (AvgIpc) is 3.07. The number of nitrogens with zero attached hydrogens (tertiary/aromatic N) is 2. The number of methoxy groups -OCH3 is 2. The maximum atomic E-state index is 12.5. The molecule has 3 aromatic rings. The van der Waals surface area contributed by atoms with Crippen molar-refractivity contribution < 1.29 is 19.2 Å². The van der Waals surface area contributed by atoms with Crippen LogP contribution in [-0.2, 0) is 0 Å². The van der Waals surface area contributed by atoms with Gasteiger partial charge in [-0.2, -0.15) is 0 Å². The third-order valence-electron chi connectivity index (χ3n) is 4.02. The minimum atomic E-state index is -0.592. The minimum Gasteiger partial charge on any atom is -0.497 e. The maximum Gasteiger partial charge on any atom is 0.311 e. The normalized spacial score (nSPS) is 10.4. The van der Waals surface area contributed by atoms with Crippen molar-refractivity contribution in [2.75, 3.05) is 19.5 Å². The fourth-order valence-corrected chi connectivity index (χ4v) is 3.44. The first-order valence-corrected chi connectivity index (χ1v) is 9.00.